The van der Waals surface area contributed by atoms with Gasteiger partial charge in [0, 0.05) is 44.6 Å². The maximum atomic E-state index is 6.07. The summed E-state index contributed by atoms with van der Waals surface area (Å²) in [5, 5.41) is 3.66. The zero-order chi connectivity index (χ0) is 16.6. The van der Waals surface area contributed by atoms with Gasteiger partial charge in [-0.15, -0.1) is 0 Å². The molecule has 4 nitrogen and oxygen atoms in total. The number of nitrogens with zero attached hydrogens (tertiary/aromatic N) is 2. The molecule has 128 valence electrons. The Morgan fingerprint density at radius 1 is 1.17 bits per heavy atom. The Morgan fingerprint density at radius 3 is 2.71 bits per heavy atom. The molecule has 0 radical (unpaired) electrons. The number of hydrogen-bond donors (Lipinski definition) is 1. The summed E-state index contributed by atoms with van der Waals surface area (Å²) in [6, 6.07) is 15.2. The molecule has 1 fully saturated rings. The third-order valence-electron chi connectivity index (χ3n) is 4.63. The molecular formula is C20H27N3O. The van der Waals surface area contributed by atoms with Crippen LogP contribution in [0.2, 0.25) is 0 Å². The van der Waals surface area contributed by atoms with E-state index in [4.69, 9.17) is 4.74 Å². The normalized spacial score (nSPS) is 20.0. The molecule has 0 amide bonds. The van der Waals surface area contributed by atoms with Crippen LogP contribution >= 0.6 is 0 Å². The average molecular weight is 325 g/mol. The Kier molecular flexibility index (Phi) is 6.35. The number of aromatic nitrogens is 1. The van der Waals surface area contributed by atoms with Crippen molar-refractivity contribution in [1.29, 1.82) is 0 Å². The summed E-state index contributed by atoms with van der Waals surface area (Å²) in [5.41, 5.74) is 2.64. The molecule has 1 N–H and O–H groups in total. The van der Waals surface area contributed by atoms with Gasteiger partial charge in [0.25, 0.3) is 0 Å². The Labute approximate surface area is 144 Å². The minimum absolute atomic E-state index is 0.245. The maximum absolute atomic E-state index is 6.07. The molecular weight excluding hydrogens is 298 g/mol. The fourth-order valence-corrected chi connectivity index (χ4v) is 3.25. The molecule has 2 atom stereocenters. The second-order valence-electron chi connectivity index (χ2n) is 6.38. The zero-order valence-electron chi connectivity index (χ0n) is 14.4. The molecule has 2 heterocycles. The van der Waals surface area contributed by atoms with Crippen molar-refractivity contribution in [3.63, 3.8) is 0 Å². The van der Waals surface area contributed by atoms with Crippen LogP contribution in [0.15, 0.2) is 54.9 Å². The van der Waals surface area contributed by atoms with Crippen LogP contribution in [-0.4, -0.2) is 41.7 Å². The average Bonchev–Trinajstić information content (AvgIpc) is 2.64. The first-order chi connectivity index (χ1) is 11.8. The third kappa shape index (κ3) is 4.87. The largest absolute Gasteiger partial charge is 0.374 e. The minimum atomic E-state index is 0.245. The molecule has 0 bridgehead atoms. The Hall–Kier alpha value is -1.75. The highest BCUT2D eigenvalue weighted by Crippen LogP contribution is 2.15. The fourth-order valence-electron chi connectivity index (χ4n) is 3.25. The van der Waals surface area contributed by atoms with E-state index in [0.29, 0.717) is 6.04 Å². The van der Waals surface area contributed by atoms with E-state index in [0.717, 1.165) is 39.2 Å². The monoisotopic (exact) mass is 325 g/mol. The minimum Gasteiger partial charge on any atom is -0.374 e. The fraction of sp³-hybridized carbons (Fsp3) is 0.450. The quantitative estimate of drug-likeness (QED) is 0.849. The first-order valence-electron chi connectivity index (χ1n) is 8.85. The van der Waals surface area contributed by atoms with Crippen LogP contribution in [0.1, 0.15) is 24.5 Å². The first kappa shape index (κ1) is 17.1. The lowest BCUT2D eigenvalue weighted by Crippen LogP contribution is -2.51. The van der Waals surface area contributed by atoms with E-state index in [9.17, 15) is 0 Å². The van der Waals surface area contributed by atoms with E-state index in [1.807, 2.05) is 12.4 Å². The van der Waals surface area contributed by atoms with Gasteiger partial charge in [-0.05, 0) is 29.7 Å². The van der Waals surface area contributed by atoms with E-state index >= 15 is 0 Å². The number of benzene rings is 1. The van der Waals surface area contributed by atoms with Crippen LogP contribution in [0.5, 0.6) is 0 Å². The highest BCUT2D eigenvalue weighted by atomic mass is 16.5. The van der Waals surface area contributed by atoms with E-state index in [1.54, 1.807) is 0 Å². The predicted octanol–water partition coefficient (Wildman–Crippen LogP) is 2.85. The summed E-state index contributed by atoms with van der Waals surface area (Å²) >= 11 is 0. The van der Waals surface area contributed by atoms with Crippen LogP contribution in [0.25, 0.3) is 0 Å². The summed E-state index contributed by atoms with van der Waals surface area (Å²) in [4.78, 5) is 6.57. The molecule has 1 aliphatic rings. The van der Waals surface area contributed by atoms with Crippen LogP contribution in [0, 0.1) is 0 Å². The van der Waals surface area contributed by atoms with Gasteiger partial charge in [-0.25, -0.2) is 0 Å². The number of hydrogen-bond acceptors (Lipinski definition) is 4. The van der Waals surface area contributed by atoms with Crippen LogP contribution in [-0.2, 0) is 17.8 Å². The highest BCUT2D eigenvalue weighted by Gasteiger charge is 2.26. The van der Waals surface area contributed by atoms with Gasteiger partial charge in [0.05, 0.1) is 12.7 Å². The predicted molar refractivity (Wildman–Crippen MR) is 96.6 cm³/mol. The van der Waals surface area contributed by atoms with Gasteiger partial charge in [-0.3, -0.25) is 9.88 Å². The summed E-state index contributed by atoms with van der Waals surface area (Å²) in [7, 11) is 0. The highest BCUT2D eigenvalue weighted by molar-refractivity contribution is 5.14. The second-order valence-corrected chi connectivity index (χ2v) is 6.38. The molecule has 1 aromatic heterocycles. The molecule has 0 spiro atoms. The van der Waals surface area contributed by atoms with Crippen molar-refractivity contribution in [2.45, 2.75) is 38.6 Å². The first-order valence-corrected chi connectivity index (χ1v) is 8.85. The van der Waals surface area contributed by atoms with Crippen LogP contribution in [0.3, 0.4) is 0 Å². The van der Waals surface area contributed by atoms with Crippen molar-refractivity contribution in [1.82, 2.24) is 15.2 Å². The number of morpholine rings is 1. The maximum Gasteiger partial charge on any atom is 0.0855 e. The lowest BCUT2D eigenvalue weighted by Gasteiger charge is -2.37. The second kappa shape index (κ2) is 8.92. The smallest absolute Gasteiger partial charge is 0.0855 e. The standard InChI is InChI=1S/C20H27N3O/c1-2-19(22-14-17-8-10-21-11-9-17)20-16-23(12-13-24-20)15-18-6-4-3-5-7-18/h3-11,19-20,22H,2,12-16H2,1H3/t19-,20+/m1/s1. The molecule has 2 aromatic rings. The molecule has 0 unspecified atom stereocenters. The number of ether oxygens (including phenoxy) is 1. The Morgan fingerprint density at radius 2 is 1.96 bits per heavy atom. The number of pyridine rings is 1. The molecule has 1 aliphatic heterocycles. The van der Waals surface area contributed by atoms with Gasteiger partial charge in [-0.1, -0.05) is 37.3 Å². The van der Waals surface area contributed by atoms with Crippen molar-refractivity contribution in [2.24, 2.45) is 0 Å². The lowest BCUT2D eigenvalue weighted by molar-refractivity contribution is -0.0499. The van der Waals surface area contributed by atoms with Gasteiger partial charge < -0.3 is 10.1 Å². The van der Waals surface area contributed by atoms with E-state index in [1.165, 1.54) is 11.1 Å². The summed E-state index contributed by atoms with van der Waals surface area (Å²) < 4.78 is 6.07. The Balaban J connectivity index is 1.53. The summed E-state index contributed by atoms with van der Waals surface area (Å²) in [6.07, 6.45) is 5.00. The van der Waals surface area contributed by atoms with Gasteiger partial charge in [-0.2, -0.15) is 0 Å². The van der Waals surface area contributed by atoms with Crippen molar-refractivity contribution in [3.05, 3.63) is 66.0 Å². The van der Waals surface area contributed by atoms with E-state index in [2.05, 4.69) is 64.6 Å². The summed E-state index contributed by atoms with van der Waals surface area (Å²) in [5.74, 6) is 0. The van der Waals surface area contributed by atoms with Gasteiger partial charge in [0.15, 0.2) is 0 Å². The van der Waals surface area contributed by atoms with Crippen molar-refractivity contribution >= 4 is 0 Å². The summed E-state index contributed by atoms with van der Waals surface area (Å²) in [6.45, 7) is 6.89. The SMILES string of the molecule is CC[C@@H](NCc1ccncc1)[C@@H]1CN(Cc2ccccc2)CCO1. The molecule has 0 aliphatic carbocycles. The Bertz CT molecular complexity index is 590. The number of nitrogens with one attached hydrogen (secondary N) is 1. The van der Waals surface area contributed by atoms with Crippen molar-refractivity contribution in [3.8, 4) is 0 Å². The van der Waals surface area contributed by atoms with Gasteiger partial charge in [0.1, 0.15) is 0 Å². The molecule has 3 rings (SSSR count). The lowest BCUT2D eigenvalue weighted by atomic mass is 10.1. The van der Waals surface area contributed by atoms with Gasteiger partial charge >= 0.3 is 0 Å². The molecule has 4 heteroatoms. The van der Waals surface area contributed by atoms with Crippen LogP contribution in [0.4, 0.5) is 0 Å². The third-order valence-corrected chi connectivity index (χ3v) is 4.63. The topological polar surface area (TPSA) is 37.4 Å². The van der Waals surface area contributed by atoms with E-state index < -0.39 is 0 Å². The van der Waals surface area contributed by atoms with Crippen LogP contribution < -0.4 is 5.32 Å². The molecule has 1 aromatic carbocycles. The zero-order valence-corrected chi connectivity index (χ0v) is 14.4. The van der Waals surface area contributed by atoms with Crippen molar-refractivity contribution < 1.29 is 4.74 Å². The number of rotatable bonds is 7. The molecule has 1 saturated heterocycles. The molecule has 0 saturated carbocycles. The molecule has 24 heavy (non-hydrogen) atoms. The van der Waals surface area contributed by atoms with E-state index in [-0.39, 0.29) is 6.10 Å². The van der Waals surface area contributed by atoms with Gasteiger partial charge in [0.2, 0.25) is 0 Å². The van der Waals surface area contributed by atoms with Crippen molar-refractivity contribution in [2.75, 3.05) is 19.7 Å².